The first-order valence-corrected chi connectivity index (χ1v) is 7.73. The molecule has 1 aromatic heterocycles. The molecule has 2 aliphatic rings. The Balaban J connectivity index is 1.99. The number of ether oxygens (including phenoxy) is 1. The molecule has 1 saturated carbocycles. The van der Waals surface area contributed by atoms with Crippen molar-refractivity contribution in [3.63, 3.8) is 0 Å². The molecule has 5 heteroatoms. The van der Waals surface area contributed by atoms with Gasteiger partial charge in [0.25, 0.3) is 0 Å². The Hall–Kier alpha value is -1.20. The van der Waals surface area contributed by atoms with Gasteiger partial charge >= 0.3 is 0 Å². The van der Waals surface area contributed by atoms with Crippen LogP contribution in [0.4, 0.5) is 5.82 Å². The lowest BCUT2D eigenvalue weighted by molar-refractivity contribution is -0.00900. The fourth-order valence-corrected chi connectivity index (χ4v) is 3.68. The molecule has 1 aromatic rings. The zero-order valence-electron chi connectivity index (χ0n) is 11.8. The number of morpholine rings is 1. The van der Waals surface area contributed by atoms with Gasteiger partial charge in [0, 0.05) is 12.7 Å². The highest BCUT2D eigenvalue weighted by Gasteiger charge is 2.36. The molecule has 108 valence electrons. The molecule has 2 unspecified atom stereocenters. The van der Waals surface area contributed by atoms with Gasteiger partial charge in [0.1, 0.15) is 10.8 Å². The maximum atomic E-state index is 5.93. The van der Waals surface area contributed by atoms with Gasteiger partial charge in [0.2, 0.25) is 0 Å². The van der Waals surface area contributed by atoms with E-state index in [4.69, 9.17) is 22.7 Å². The standard InChI is InChI=1S/C15H21N3OS/c1-10-6-7-17-15(13(10)14(16)20)18-8-9-19-12-5-3-2-4-11(12)18/h6-7,11-12H,2-5,8-9H2,1H3,(H2,16,20). The van der Waals surface area contributed by atoms with Crippen molar-refractivity contribution in [2.45, 2.75) is 44.8 Å². The highest BCUT2D eigenvalue weighted by Crippen LogP contribution is 2.33. The van der Waals surface area contributed by atoms with Crippen molar-refractivity contribution >= 4 is 23.0 Å². The maximum Gasteiger partial charge on any atom is 0.139 e. The van der Waals surface area contributed by atoms with Crippen molar-refractivity contribution in [2.24, 2.45) is 5.73 Å². The van der Waals surface area contributed by atoms with Crippen molar-refractivity contribution in [3.8, 4) is 0 Å². The third kappa shape index (κ3) is 2.40. The van der Waals surface area contributed by atoms with Gasteiger partial charge in [0.05, 0.1) is 24.3 Å². The van der Waals surface area contributed by atoms with Gasteiger partial charge in [-0.25, -0.2) is 4.98 Å². The lowest BCUT2D eigenvalue weighted by Gasteiger charge is -2.45. The van der Waals surface area contributed by atoms with Crippen molar-refractivity contribution < 1.29 is 4.74 Å². The largest absolute Gasteiger partial charge is 0.389 e. The number of fused-ring (bicyclic) bond motifs is 1. The number of thiocarbonyl (C=S) groups is 1. The number of nitrogens with two attached hydrogens (primary N) is 1. The topological polar surface area (TPSA) is 51.4 Å². The van der Waals surface area contributed by atoms with Crippen molar-refractivity contribution in [3.05, 3.63) is 23.4 Å². The average Bonchev–Trinajstić information content (AvgIpc) is 2.46. The average molecular weight is 291 g/mol. The number of anilines is 1. The van der Waals surface area contributed by atoms with Gasteiger partial charge in [-0.3, -0.25) is 0 Å². The molecule has 20 heavy (non-hydrogen) atoms. The quantitative estimate of drug-likeness (QED) is 0.846. The zero-order chi connectivity index (χ0) is 14.1. The third-order valence-electron chi connectivity index (χ3n) is 4.39. The Morgan fingerprint density at radius 3 is 3.05 bits per heavy atom. The van der Waals surface area contributed by atoms with E-state index in [1.165, 1.54) is 12.8 Å². The second-order valence-corrected chi connectivity index (χ2v) is 6.08. The third-order valence-corrected chi connectivity index (χ3v) is 4.59. The fourth-order valence-electron chi connectivity index (χ4n) is 3.43. The van der Waals surface area contributed by atoms with Crippen LogP contribution in [0.2, 0.25) is 0 Å². The normalized spacial score (nSPS) is 26.1. The lowest BCUT2D eigenvalue weighted by atomic mass is 9.89. The van der Waals surface area contributed by atoms with E-state index in [0.29, 0.717) is 17.1 Å². The summed E-state index contributed by atoms with van der Waals surface area (Å²) in [6.45, 7) is 3.67. The van der Waals surface area contributed by atoms with E-state index in [1.54, 1.807) is 0 Å². The minimum absolute atomic E-state index is 0.332. The SMILES string of the molecule is Cc1ccnc(N2CCOC3CCCCC32)c1C(N)=S. The van der Waals surface area contributed by atoms with Gasteiger partial charge in [-0.2, -0.15) is 0 Å². The molecular weight excluding hydrogens is 270 g/mol. The Morgan fingerprint density at radius 1 is 1.45 bits per heavy atom. The van der Waals surface area contributed by atoms with E-state index >= 15 is 0 Å². The summed E-state index contributed by atoms with van der Waals surface area (Å²) < 4.78 is 5.93. The Bertz CT molecular complexity index is 518. The van der Waals surface area contributed by atoms with Crippen LogP contribution < -0.4 is 10.6 Å². The van der Waals surface area contributed by atoms with Gasteiger partial charge in [-0.05, 0) is 31.4 Å². The maximum absolute atomic E-state index is 5.93. The predicted molar refractivity (Wildman–Crippen MR) is 84.2 cm³/mol. The second kappa shape index (κ2) is 5.66. The van der Waals surface area contributed by atoms with Gasteiger partial charge in [-0.15, -0.1) is 0 Å². The van der Waals surface area contributed by atoms with E-state index in [2.05, 4.69) is 9.88 Å². The molecule has 2 heterocycles. The number of aromatic nitrogens is 1. The first kappa shape index (κ1) is 13.8. The molecular formula is C15H21N3OS. The summed E-state index contributed by atoms with van der Waals surface area (Å²) in [5, 5.41) is 0. The number of pyridine rings is 1. The molecule has 0 spiro atoms. The van der Waals surface area contributed by atoms with Crippen LogP contribution in [-0.2, 0) is 4.74 Å². The van der Waals surface area contributed by atoms with Crippen molar-refractivity contribution in [2.75, 3.05) is 18.1 Å². The van der Waals surface area contributed by atoms with Gasteiger partial charge < -0.3 is 15.4 Å². The van der Waals surface area contributed by atoms with Gasteiger partial charge in [0.15, 0.2) is 0 Å². The molecule has 1 saturated heterocycles. The minimum Gasteiger partial charge on any atom is -0.389 e. The number of hydrogen-bond donors (Lipinski definition) is 1. The van der Waals surface area contributed by atoms with Crippen molar-refractivity contribution in [1.82, 2.24) is 4.98 Å². The molecule has 0 radical (unpaired) electrons. The van der Waals surface area contributed by atoms with E-state index in [9.17, 15) is 0 Å². The molecule has 0 aromatic carbocycles. The molecule has 1 aliphatic carbocycles. The summed E-state index contributed by atoms with van der Waals surface area (Å²) in [6.07, 6.45) is 7.01. The molecule has 2 atom stereocenters. The minimum atomic E-state index is 0.332. The molecule has 1 aliphatic heterocycles. The highest BCUT2D eigenvalue weighted by molar-refractivity contribution is 7.80. The van der Waals surface area contributed by atoms with Crippen LogP contribution in [0.25, 0.3) is 0 Å². The summed E-state index contributed by atoms with van der Waals surface area (Å²) >= 11 is 5.23. The number of hydrogen-bond acceptors (Lipinski definition) is 4. The molecule has 2 N–H and O–H groups in total. The van der Waals surface area contributed by atoms with Crippen LogP contribution in [0, 0.1) is 6.92 Å². The molecule has 3 rings (SSSR count). The summed E-state index contributed by atoms with van der Waals surface area (Å²) in [5.74, 6) is 0.942. The second-order valence-electron chi connectivity index (χ2n) is 5.65. The summed E-state index contributed by atoms with van der Waals surface area (Å²) in [6, 6.07) is 2.39. The molecule has 4 nitrogen and oxygen atoms in total. The predicted octanol–water partition coefficient (Wildman–Crippen LogP) is 2.17. The van der Waals surface area contributed by atoms with Crippen molar-refractivity contribution in [1.29, 1.82) is 0 Å². The van der Waals surface area contributed by atoms with Crippen LogP contribution in [0.3, 0.4) is 0 Å². The number of rotatable bonds is 2. The molecule has 0 bridgehead atoms. The first-order valence-electron chi connectivity index (χ1n) is 7.32. The van der Waals surface area contributed by atoms with E-state index < -0.39 is 0 Å². The van der Waals surface area contributed by atoms with Crippen LogP contribution in [0.1, 0.15) is 36.8 Å². The Kier molecular flexibility index (Phi) is 3.89. The van der Waals surface area contributed by atoms with E-state index in [0.717, 1.165) is 42.9 Å². The van der Waals surface area contributed by atoms with Crippen LogP contribution in [0.15, 0.2) is 12.3 Å². The van der Waals surface area contributed by atoms with E-state index in [-0.39, 0.29) is 0 Å². The fraction of sp³-hybridized carbons (Fsp3) is 0.600. The first-order chi connectivity index (χ1) is 9.68. The number of nitrogens with zero attached hydrogens (tertiary/aromatic N) is 2. The Morgan fingerprint density at radius 2 is 2.25 bits per heavy atom. The monoisotopic (exact) mass is 291 g/mol. The summed E-state index contributed by atoms with van der Waals surface area (Å²) in [7, 11) is 0. The smallest absolute Gasteiger partial charge is 0.139 e. The van der Waals surface area contributed by atoms with E-state index in [1.807, 2.05) is 19.2 Å². The van der Waals surface area contributed by atoms with Crippen LogP contribution in [0.5, 0.6) is 0 Å². The summed E-state index contributed by atoms with van der Waals surface area (Å²) in [5.41, 5.74) is 7.95. The Labute approximate surface area is 125 Å². The highest BCUT2D eigenvalue weighted by atomic mass is 32.1. The molecule has 0 amide bonds. The van der Waals surface area contributed by atoms with Gasteiger partial charge in [-0.1, -0.05) is 25.1 Å². The zero-order valence-corrected chi connectivity index (χ0v) is 12.7. The summed E-state index contributed by atoms with van der Waals surface area (Å²) in [4.78, 5) is 7.38. The van der Waals surface area contributed by atoms with Crippen LogP contribution >= 0.6 is 12.2 Å². The number of aryl methyl sites for hydroxylation is 1. The lowest BCUT2D eigenvalue weighted by Crippen LogP contribution is -2.53. The molecule has 2 fully saturated rings. The van der Waals surface area contributed by atoms with Crippen LogP contribution in [-0.4, -0.2) is 35.3 Å².